The summed E-state index contributed by atoms with van der Waals surface area (Å²) in [4.78, 5) is 0. The Labute approximate surface area is 76.9 Å². The molecule has 0 N–H and O–H groups in total. The van der Waals surface area contributed by atoms with Gasteiger partial charge < -0.3 is 14.2 Å². The van der Waals surface area contributed by atoms with Gasteiger partial charge in [-0.2, -0.15) is 0 Å². The average Bonchev–Trinajstić information content (AvgIpc) is 2.34. The molecule has 0 amide bonds. The van der Waals surface area contributed by atoms with Crippen molar-refractivity contribution in [2.75, 3.05) is 0 Å². The Morgan fingerprint density at radius 2 is 1.75 bits per heavy atom. The van der Waals surface area contributed by atoms with Gasteiger partial charge >= 0.3 is 0 Å². The van der Waals surface area contributed by atoms with Gasteiger partial charge in [-0.15, -0.1) is 0 Å². The maximum atomic E-state index is 5.91. The van der Waals surface area contributed by atoms with Crippen molar-refractivity contribution in [1.82, 2.24) is 0 Å². The summed E-state index contributed by atoms with van der Waals surface area (Å²) in [6, 6.07) is 0. The van der Waals surface area contributed by atoms with Crippen molar-refractivity contribution in [2.45, 2.75) is 50.4 Å². The summed E-state index contributed by atoms with van der Waals surface area (Å²) >= 11 is 5.91. The Hall–Kier alpha value is 0.170. The lowest BCUT2D eigenvalue weighted by atomic mass is 10.2. The van der Waals surface area contributed by atoms with Crippen molar-refractivity contribution in [1.29, 1.82) is 0 Å². The molecular formula is C8H13ClO3. The van der Waals surface area contributed by atoms with Crippen LogP contribution in [-0.2, 0) is 14.2 Å². The molecule has 70 valence electrons. The van der Waals surface area contributed by atoms with Gasteiger partial charge in [0.05, 0.1) is 6.10 Å². The predicted molar refractivity (Wildman–Crippen MR) is 44.0 cm³/mol. The van der Waals surface area contributed by atoms with Gasteiger partial charge in [-0.25, -0.2) is 0 Å². The molecule has 0 spiro atoms. The van der Waals surface area contributed by atoms with Crippen molar-refractivity contribution in [3.8, 4) is 0 Å². The van der Waals surface area contributed by atoms with Gasteiger partial charge in [-0.1, -0.05) is 11.6 Å². The van der Waals surface area contributed by atoms with Crippen LogP contribution in [0.3, 0.4) is 0 Å². The van der Waals surface area contributed by atoms with Crippen LogP contribution in [0.2, 0.25) is 0 Å². The molecule has 4 heteroatoms. The SMILES string of the molecule is C[C@@H]1OC(Cl)[C@H]2OC(C)(C)O[C@@H]12. The standard InChI is InChI=1S/C8H13ClO3/c1-4-5-6(7(9)10-4)12-8(2,3)11-5/h4-7H,1-3H3/t4-,5-,6-,7?/m0/s1. The van der Waals surface area contributed by atoms with E-state index in [1.54, 1.807) is 0 Å². The van der Waals surface area contributed by atoms with Crippen molar-refractivity contribution in [3.05, 3.63) is 0 Å². The van der Waals surface area contributed by atoms with Crippen LogP contribution in [0.5, 0.6) is 0 Å². The first kappa shape index (κ1) is 8.75. The van der Waals surface area contributed by atoms with Gasteiger partial charge in [0.2, 0.25) is 0 Å². The quantitative estimate of drug-likeness (QED) is 0.545. The van der Waals surface area contributed by atoms with E-state index in [2.05, 4.69) is 0 Å². The smallest absolute Gasteiger partial charge is 0.164 e. The maximum Gasteiger partial charge on any atom is 0.164 e. The molecule has 0 aromatic carbocycles. The Balaban J connectivity index is 2.15. The molecule has 3 nitrogen and oxygen atoms in total. The molecule has 2 saturated heterocycles. The van der Waals surface area contributed by atoms with E-state index in [9.17, 15) is 0 Å². The van der Waals surface area contributed by atoms with Gasteiger partial charge in [0.1, 0.15) is 12.2 Å². The molecule has 0 aromatic heterocycles. The van der Waals surface area contributed by atoms with Crippen LogP contribution in [-0.4, -0.2) is 29.7 Å². The average molecular weight is 193 g/mol. The number of ether oxygens (including phenoxy) is 3. The van der Waals surface area contributed by atoms with E-state index >= 15 is 0 Å². The molecule has 12 heavy (non-hydrogen) atoms. The van der Waals surface area contributed by atoms with Crippen molar-refractivity contribution < 1.29 is 14.2 Å². The molecule has 0 saturated carbocycles. The monoisotopic (exact) mass is 192 g/mol. The lowest BCUT2D eigenvalue weighted by molar-refractivity contribution is -0.177. The third-order valence-electron chi connectivity index (χ3n) is 2.23. The Kier molecular flexibility index (Phi) is 1.88. The molecule has 2 aliphatic rings. The predicted octanol–water partition coefficient (Wildman–Crippen LogP) is 1.49. The highest BCUT2D eigenvalue weighted by Gasteiger charge is 2.53. The van der Waals surface area contributed by atoms with E-state index in [-0.39, 0.29) is 23.9 Å². The number of rotatable bonds is 0. The van der Waals surface area contributed by atoms with E-state index in [0.29, 0.717) is 0 Å². The molecule has 0 bridgehead atoms. The Bertz CT molecular complexity index is 177. The van der Waals surface area contributed by atoms with E-state index in [0.717, 1.165) is 0 Å². The van der Waals surface area contributed by atoms with Crippen LogP contribution in [0.25, 0.3) is 0 Å². The Morgan fingerprint density at radius 3 is 2.33 bits per heavy atom. The van der Waals surface area contributed by atoms with Crippen molar-refractivity contribution in [2.24, 2.45) is 0 Å². The summed E-state index contributed by atoms with van der Waals surface area (Å²) in [5, 5.41) is 0. The summed E-state index contributed by atoms with van der Waals surface area (Å²) in [6.45, 7) is 5.73. The molecule has 0 aromatic rings. The molecule has 2 rings (SSSR count). The molecule has 2 aliphatic heterocycles. The molecule has 0 radical (unpaired) electrons. The van der Waals surface area contributed by atoms with Gasteiger partial charge in [-0.05, 0) is 20.8 Å². The van der Waals surface area contributed by atoms with E-state index in [1.165, 1.54) is 0 Å². The zero-order valence-corrected chi connectivity index (χ0v) is 8.17. The van der Waals surface area contributed by atoms with Crippen LogP contribution in [0.15, 0.2) is 0 Å². The second-order valence-electron chi connectivity index (χ2n) is 3.76. The lowest BCUT2D eigenvalue weighted by Gasteiger charge is -2.20. The first-order chi connectivity index (χ1) is 5.49. The minimum atomic E-state index is -0.513. The van der Waals surface area contributed by atoms with Crippen LogP contribution in [0.1, 0.15) is 20.8 Å². The maximum absolute atomic E-state index is 5.91. The first-order valence-electron chi connectivity index (χ1n) is 4.15. The third kappa shape index (κ3) is 1.25. The van der Waals surface area contributed by atoms with E-state index in [4.69, 9.17) is 25.8 Å². The van der Waals surface area contributed by atoms with Crippen molar-refractivity contribution >= 4 is 11.6 Å². The van der Waals surface area contributed by atoms with Crippen LogP contribution >= 0.6 is 11.6 Å². The number of hydrogen-bond donors (Lipinski definition) is 0. The van der Waals surface area contributed by atoms with Crippen LogP contribution < -0.4 is 0 Å². The summed E-state index contributed by atoms with van der Waals surface area (Å²) in [6.07, 6.45) is -0.0987. The highest BCUT2D eigenvalue weighted by Crippen LogP contribution is 2.39. The fraction of sp³-hybridized carbons (Fsp3) is 1.00. The second kappa shape index (κ2) is 2.58. The molecule has 0 aliphatic carbocycles. The third-order valence-corrected chi connectivity index (χ3v) is 2.58. The molecule has 4 atom stereocenters. The minimum Gasteiger partial charge on any atom is -0.354 e. The summed E-state index contributed by atoms with van der Waals surface area (Å²) in [5.74, 6) is -0.513. The summed E-state index contributed by atoms with van der Waals surface area (Å²) in [7, 11) is 0. The largest absolute Gasteiger partial charge is 0.354 e. The minimum absolute atomic E-state index is 0.0116. The van der Waals surface area contributed by atoms with E-state index < -0.39 is 5.79 Å². The van der Waals surface area contributed by atoms with Crippen molar-refractivity contribution in [3.63, 3.8) is 0 Å². The number of fused-ring (bicyclic) bond motifs is 1. The zero-order chi connectivity index (χ0) is 8.93. The fourth-order valence-electron chi connectivity index (χ4n) is 1.74. The van der Waals surface area contributed by atoms with Gasteiger partial charge in [0.15, 0.2) is 11.4 Å². The lowest BCUT2D eigenvalue weighted by Crippen LogP contribution is -2.27. The zero-order valence-electron chi connectivity index (χ0n) is 7.41. The normalized spacial score (nSPS) is 51.0. The van der Waals surface area contributed by atoms with Crippen LogP contribution in [0.4, 0.5) is 0 Å². The molecule has 2 fully saturated rings. The number of halogens is 1. The highest BCUT2D eigenvalue weighted by atomic mass is 35.5. The summed E-state index contributed by atoms with van der Waals surface area (Å²) < 4.78 is 16.5. The molecule has 1 unspecified atom stereocenters. The van der Waals surface area contributed by atoms with E-state index in [1.807, 2.05) is 20.8 Å². The molecular weight excluding hydrogens is 180 g/mol. The fourth-order valence-corrected chi connectivity index (χ4v) is 2.10. The number of alkyl halides is 1. The number of hydrogen-bond acceptors (Lipinski definition) is 3. The Morgan fingerprint density at radius 1 is 1.17 bits per heavy atom. The van der Waals surface area contributed by atoms with Crippen LogP contribution in [0, 0.1) is 0 Å². The first-order valence-corrected chi connectivity index (χ1v) is 4.58. The second-order valence-corrected chi connectivity index (χ2v) is 4.19. The molecule has 2 heterocycles. The van der Waals surface area contributed by atoms with Gasteiger partial charge in [0.25, 0.3) is 0 Å². The van der Waals surface area contributed by atoms with Gasteiger partial charge in [-0.3, -0.25) is 0 Å². The highest BCUT2D eigenvalue weighted by molar-refractivity contribution is 6.20. The topological polar surface area (TPSA) is 27.7 Å². The van der Waals surface area contributed by atoms with Gasteiger partial charge in [0, 0.05) is 0 Å². The summed E-state index contributed by atoms with van der Waals surface area (Å²) in [5.41, 5.74) is -0.369.